The van der Waals surface area contributed by atoms with Crippen molar-refractivity contribution in [2.75, 3.05) is 26.2 Å². The van der Waals surface area contributed by atoms with Crippen molar-refractivity contribution in [1.82, 2.24) is 9.80 Å². The highest BCUT2D eigenvalue weighted by Crippen LogP contribution is 2.37. The van der Waals surface area contributed by atoms with Gasteiger partial charge < -0.3 is 20.4 Å². The van der Waals surface area contributed by atoms with Crippen LogP contribution in [0.25, 0.3) is 0 Å². The number of hydrogen-bond donors (Lipinski definition) is 1. The number of hydrazone groups is 1. The second kappa shape index (κ2) is 9.18. The largest absolute Gasteiger partial charge is 0.444 e. The maximum atomic E-state index is 14.3. The van der Waals surface area contributed by atoms with Gasteiger partial charge in [0.1, 0.15) is 17.1 Å². The van der Waals surface area contributed by atoms with Crippen molar-refractivity contribution in [2.45, 2.75) is 52.3 Å². The summed E-state index contributed by atoms with van der Waals surface area (Å²) >= 11 is 0. The minimum Gasteiger partial charge on any atom is -0.444 e. The molecule has 2 heterocycles. The van der Waals surface area contributed by atoms with E-state index in [9.17, 15) is 22.4 Å². The SMILES string of the molecule is CC1CCc2cc(C(F)(F)F)c(F)cc2N=C(N2CCN(C(=O)OC(C)(C)C)CC2)/C1=N/N. The number of alkyl halides is 3. The fourth-order valence-electron chi connectivity index (χ4n) is 3.87. The molecule has 7 nitrogen and oxygen atoms in total. The van der Waals surface area contributed by atoms with E-state index in [2.05, 4.69) is 10.1 Å². The average molecular weight is 471 g/mol. The fraction of sp³-hybridized carbons (Fsp3) is 0.591. The summed E-state index contributed by atoms with van der Waals surface area (Å²) in [5.74, 6) is 4.49. The molecule has 3 rings (SSSR count). The van der Waals surface area contributed by atoms with Gasteiger partial charge in [0.2, 0.25) is 0 Å². The number of carbonyl (C=O) groups is 1. The van der Waals surface area contributed by atoms with E-state index in [0.717, 1.165) is 12.1 Å². The molecule has 11 heteroatoms. The monoisotopic (exact) mass is 471 g/mol. The molecule has 1 atom stereocenters. The maximum Gasteiger partial charge on any atom is 0.419 e. The number of aliphatic imine (C=N–C) groups is 1. The summed E-state index contributed by atoms with van der Waals surface area (Å²) in [5.41, 5.74) is -0.985. The van der Waals surface area contributed by atoms with Crippen LogP contribution in [0, 0.1) is 11.7 Å². The predicted octanol–water partition coefficient (Wildman–Crippen LogP) is 4.32. The van der Waals surface area contributed by atoms with Crippen LogP contribution in [-0.4, -0.2) is 59.2 Å². The molecule has 0 spiro atoms. The number of benzene rings is 1. The zero-order chi connectivity index (χ0) is 24.6. The van der Waals surface area contributed by atoms with Gasteiger partial charge in [0.05, 0.1) is 11.3 Å². The Hall–Kier alpha value is -2.85. The molecule has 0 aromatic heterocycles. The standard InChI is InChI=1S/C22H29F4N5O2/c1-13-5-6-14-11-15(22(24,25)26)16(23)12-17(14)28-19(18(13)29-27)30-7-9-31(10-8-30)20(32)33-21(2,3)4/h11-13H,5-10,27H2,1-4H3/b28-19?,29-18+. The van der Waals surface area contributed by atoms with Crippen LogP contribution in [0.15, 0.2) is 22.2 Å². The lowest BCUT2D eigenvalue weighted by Gasteiger charge is -2.38. The summed E-state index contributed by atoms with van der Waals surface area (Å²) in [6.45, 7) is 8.73. The van der Waals surface area contributed by atoms with Crippen LogP contribution in [0.3, 0.4) is 0 Å². The predicted molar refractivity (Wildman–Crippen MR) is 117 cm³/mol. The van der Waals surface area contributed by atoms with E-state index >= 15 is 0 Å². The summed E-state index contributed by atoms with van der Waals surface area (Å²) < 4.78 is 59.3. The van der Waals surface area contributed by atoms with Crippen molar-refractivity contribution >= 4 is 23.3 Å². The summed E-state index contributed by atoms with van der Waals surface area (Å²) in [5, 5.41) is 3.91. The maximum absolute atomic E-state index is 14.3. The quantitative estimate of drug-likeness (QED) is 0.347. The molecule has 0 bridgehead atoms. The third-order valence-electron chi connectivity index (χ3n) is 5.61. The lowest BCUT2D eigenvalue weighted by atomic mass is 9.92. The van der Waals surface area contributed by atoms with Gasteiger partial charge in [0.25, 0.3) is 0 Å². The molecule has 1 aromatic carbocycles. The Balaban J connectivity index is 1.92. The number of nitrogens with zero attached hydrogens (tertiary/aromatic N) is 4. The van der Waals surface area contributed by atoms with Gasteiger partial charge in [-0.3, -0.25) is 0 Å². The van der Waals surface area contributed by atoms with Crippen LogP contribution < -0.4 is 5.84 Å². The Morgan fingerprint density at radius 2 is 1.82 bits per heavy atom. The molecule has 1 unspecified atom stereocenters. The Bertz CT molecular complexity index is 961. The average Bonchev–Trinajstić information content (AvgIpc) is 2.69. The number of amides is 1. The fourth-order valence-corrected chi connectivity index (χ4v) is 3.87. The molecule has 1 fully saturated rings. The molecule has 182 valence electrons. The zero-order valence-electron chi connectivity index (χ0n) is 19.2. The smallest absolute Gasteiger partial charge is 0.419 e. The van der Waals surface area contributed by atoms with Crippen molar-refractivity contribution in [3.05, 3.63) is 29.1 Å². The molecule has 1 saturated heterocycles. The van der Waals surface area contributed by atoms with Crippen molar-refractivity contribution in [2.24, 2.45) is 21.9 Å². The highest BCUT2D eigenvalue weighted by atomic mass is 19.4. The third-order valence-corrected chi connectivity index (χ3v) is 5.61. The Kier molecular flexibility index (Phi) is 6.90. The number of nitrogens with two attached hydrogens (primary N) is 1. The highest BCUT2D eigenvalue weighted by Gasteiger charge is 2.36. The first-order valence-corrected chi connectivity index (χ1v) is 10.8. The molecule has 2 aliphatic rings. The van der Waals surface area contributed by atoms with Crippen LogP contribution in [-0.2, 0) is 17.3 Å². The van der Waals surface area contributed by atoms with Crippen molar-refractivity contribution in [1.29, 1.82) is 0 Å². The first-order chi connectivity index (χ1) is 15.3. The number of hydrogen-bond acceptors (Lipinski definition) is 6. The van der Waals surface area contributed by atoms with Gasteiger partial charge in [-0.05, 0) is 45.2 Å². The number of ether oxygens (including phenoxy) is 1. The van der Waals surface area contributed by atoms with Crippen LogP contribution >= 0.6 is 0 Å². The van der Waals surface area contributed by atoms with Crippen LogP contribution in [0.2, 0.25) is 0 Å². The Morgan fingerprint density at radius 3 is 2.36 bits per heavy atom. The van der Waals surface area contributed by atoms with Crippen LogP contribution in [0.4, 0.5) is 28.0 Å². The highest BCUT2D eigenvalue weighted by molar-refractivity contribution is 6.42. The van der Waals surface area contributed by atoms with E-state index in [0.29, 0.717) is 49.7 Å². The molecule has 1 aromatic rings. The first-order valence-electron chi connectivity index (χ1n) is 10.8. The molecular weight excluding hydrogens is 442 g/mol. The summed E-state index contributed by atoms with van der Waals surface area (Å²) in [4.78, 5) is 20.3. The number of carbonyl (C=O) groups excluding carboxylic acids is 1. The molecule has 33 heavy (non-hydrogen) atoms. The minimum atomic E-state index is -4.79. The first kappa shape index (κ1) is 24.8. The molecule has 2 N–H and O–H groups in total. The minimum absolute atomic E-state index is 0.123. The lowest BCUT2D eigenvalue weighted by molar-refractivity contribution is -0.140. The van der Waals surface area contributed by atoms with Gasteiger partial charge in [-0.25, -0.2) is 14.2 Å². The molecule has 1 amide bonds. The Morgan fingerprint density at radius 1 is 1.18 bits per heavy atom. The van der Waals surface area contributed by atoms with Gasteiger partial charge in [-0.1, -0.05) is 6.92 Å². The van der Waals surface area contributed by atoms with E-state index in [1.165, 1.54) is 0 Å². The van der Waals surface area contributed by atoms with Crippen molar-refractivity contribution in [3.8, 4) is 0 Å². The second-order valence-electron chi connectivity index (χ2n) is 9.30. The number of amidine groups is 1. The second-order valence-corrected chi connectivity index (χ2v) is 9.30. The molecule has 0 saturated carbocycles. The Labute approximate surface area is 190 Å². The number of rotatable bonds is 0. The van der Waals surface area contributed by atoms with E-state index in [1.807, 2.05) is 11.8 Å². The molecule has 0 radical (unpaired) electrons. The third kappa shape index (κ3) is 5.75. The zero-order valence-corrected chi connectivity index (χ0v) is 19.2. The van der Waals surface area contributed by atoms with Gasteiger partial charge >= 0.3 is 12.3 Å². The molecule has 2 aliphatic heterocycles. The van der Waals surface area contributed by atoms with Gasteiger partial charge in [0.15, 0.2) is 5.84 Å². The van der Waals surface area contributed by atoms with E-state index in [4.69, 9.17) is 10.6 Å². The van der Waals surface area contributed by atoms with E-state index < -0.39 is 29.3 Å². The van der Waals surface area contributed by atoms with Crippen molar-refractivity contribution < 1.29 is 27.1 Å². The summed E-state index contributed by atoms with van der Waals surface area (Å²) in [6.07, 6.45) is -4.46. The molecule has 0 aliphatic carbocycles. The van der Waals surface area contributed by atoms with Gasteiger partial charge in [-0.2, -0.15) is 18.3 Å². The topological polar surface area (TPSA) is 83.5 Å². The normalized spacial score (nSPS) is 21.3. The number of halogens is 4. The van der Waals surface area contributed by atoms with E-state index in [-0.39, 0.29) is 18.0 Å². The lowest BCUT2D eigenvalue weighted by Crippen LogP contribution is -2.53. The summed E-state index contributed by atoms with van der Waals surface area (Å²) in [6, 6.07) is 1.66. The number of fused-ring (bicyclic) bond motifs is 1. The van der Waals surface area contributed by atoms with Crippen LogP contribution in [0.5, 0.6) is 0 Å². The van der Waals surface area contributed by atoms with Crippen molar-refractivity contribution in [3.63, 3.8) is 0 Å². The van der Waals surface area contributed by atoms with Gasteiger partial charge in [-0.15, -0.1) is 0 Å². The molecular formula is C22H29F4N5O2. The van der Waals surface area contributed by atoms with E-state index in [1.54, 1.807) is 25.7 Å². The summed E-state index contributed by atoms with van der Waals surface area (Å²) in [7, 11) is 0. The number of aryl methyl sites for hydroxylation is 1. The number of piperazine rings is 1. The van der Waals surface area contributed by atoms with Crippen LogP contribution in [0.1, 0.15) is 45.2 Å². The van der Waals surface area contributed by atoms with Gasteiger partial charge in [0, 0.05) is 38.2 Å².